The summed E-state index contributed by atoms with van der Waals surface area (Å²) in [4.78, 5) is 18.7. The summed E-state index contributed by atoms with van der Waals surface area (Å²) in [6.45, 7) is 1.90. The fourth-order valence-electron chi connectivity index (χ4n) is 1.52. The second-order valence-electron chi connectivity index (χ2n) is 3.61. The molecule has 1 aromatic rings. The molecular weight excluding hydrogens is 198 g/mol. The minimum Gasteiger partial charge on any atom is -0.328 e. The van der Waals surface area contributed by atoms with Gasteiger partial charge >= 0.3 is 0 Å². The van der Waals surface area contributed by atoms with Crippen molar-refractivity contribution in [2.45, 2.75) is 30.9 Å². The van der Waals surface area contributed by atoms with Crippen LogP contribution < -0.4 is 11.3 Å². The average Bonchev–Trinajstić information content (AvgIpc) is 2.50. The lowest BCUT2D eigenvalue weighted by atomic mass is 10.2. The number of H-pyrrole nitrogens is 1. The molecule has 1 unspecified atom stereocenters. The highest BCUT2D eigenvalue weighted by molar-refractivity contribution is 7.98. The van der Waals surface area contributed by atoms with Crippen LogP contribution in [0.1, 0.15) is 24.0 Å². The van der Waals surface area contributed by atoms with E-state index < -0.39 is 0 Å². The van der Waals surface area contributed by atoms with Gasteiger partial charge in [0, 0.05) is 29.5 Å². The Morgan fingerprint density at radius 3 is 3.14 bits per heavy atom. The number of thioether (sulfide) groups is 1. The second-order valence-corrected chi connectivity index (χ2v) is 4.60. The molecule has 0 saturated heterocycles. The van der Waals surface area contributed by atoms with Crippen molar-refractivity contribution in [1.82, 2.24) is 9.97 Å². The van der Waals surface area contributed by atoms with Crippen LogP contribution in [0.5, 0.6) is 0 Å². The molecule has 1 aromatic heterocycles. The van der Waals surface area contributed by atoms with Crippen molar-refractivity contribution < 1.29 is 0 Å². The Bertz CT molecular complexity index is 400. The third-order valence-electron chi connectivity index (χ3n) is 2.15. The van der Waals surface area contributed by atoms with Gasteiger partial charge in [-0.1, -0.05) is 0 Å². The molecule has 0 bridgehead atoms. The SMILES string of the molecule is CC(N)Cc1nc2c(c(=O)[nH]1)CSC2. The standard InChI is InChI=1S/C9H13N3OS/c1-5(10)2-8-11-7-4-14-3-6(7)9(13)12-8/h5H,2-4,10H2,1H3,(H,11,12,13). The average molecular weight is 211 g/mol. The van der Waals surface area contributed by atoms with Crippen molar-refractivity contribution in [1.29, 1.82) is 0 Å². The Balaban J connectivity index is 2.37. The van der Waals surface area contributed by atoms with Crippen LogP contribution >= 0.6 is 11.8 Å². The van der Waals surface area contributed by atoms with Crippen LogP contribution in [-0.2, 0) is 17.9 Å². The molecule has 4 nitrogen and oxygen atoms in total. The predicted molar refractivity (Wildman–Crippen MR) is 57.2 cm³/mol. The van der Waals surface area contributed by atoms with Gasteiger partial charge in [-0.15, -0.1) is 0 Å². The normalized spacial score (nSPS) is 16.7. The van der Waals surface area contributed by atoms with Crippen molar-refractivity contribution in [3.05, 3.63) is 27.4 Å². The molecule has 0 spiro atoms. The fraction of sp³-hybridized carbons (Fsp3) is 0.556. The van der Waals surface area contributed by atoms with Crippen molar-refractivity contribution in [2.24, 2.45) is 5.73 Å². The van der Waals surface area contributed by atoms with Crippen molar-refractivity contribution in [3.63, 3.8) is 0 Å². The molecule has 0 saturated carbocycles. The predicted octanol–water partition coefficient (Wildman–Crippen LogP) is 0.406. The van der Waals surface area contributed by atoms with Crippen LogP contribution in [0.15, 0.2) is 4.79 Å². The topological polar surface area (TPSA) is 71.8 Å². The lowest BCUT2D eigenvalue weighted by Gasteiger charge is -2.05. The Labute approximate surface area is 86.3 Å². The maximum atomic E-state index is 11.6. The Kier molecular flexibility index (Phi) is 2.60. The molecule has 1 aliphatic heterocycles. The lowest BCUT2D eigenvalue weighted by Crippen LogP contribution is -2.24. The molecule has 76 valence electrons. The highest BCUT2D eigenvalue weighted by Gasteiger charge is 2.17. The van der Waals surface area contributed by atoms with Crippen LogP contribution in [0, 0.1) is 0 Å². The first-order chi connectivity index (χ1) is 6.66. The molecule has 0 aliphatic carbocycles. The van der Waals surface area contributed by atoms with E-state index in [9.17, 15) is 4.79 Å². The molecule has 5 heteroatoms. The van der Waals surface area contributed by atoms with E-state index in [1.807, 2.05) is 6.92 Å². The summed E-state index contributed by atoms with van der Waals surface area (Å²) in [5.74, 6) is 2.35. The van der Waals surface area contributed by atoms with Gasteiger partial charge in [0.15, 0.2) is 0 Å². The quantitative estimate of drug-likeness (QED) is 0.743. The maximum absolute atomic E-state index is 11.6. The summed E-state index contributed by atoms with van der Waals surface area (Å²) in [7, 11) is 0. The maximum Gasteiger partial charge on any atom is 0.255 e. The monoisotopic (exact) mass is 211 g/mol. The number of nitrogens with two attached hydrogens (primary N) is 1. The van der Waals surface area contributed by atoms with E-state index in [0.717, 1.165) is 22.8 Å². The van der Waals surface area contributed by atoms with Crippen LogP contribution in [0.2, 0.25) is 0 Å². The largest absolute Gasteiger partial charge is 0.328 e. The summed E-state index contributed by atoms with van der Waals surface area (Å²) in [5.41, 5.74) is 7.44. The summed E-state index contributed by atoms with van der Waals surface area (Å²) in [6.07, 6.45) is 0.632. The highest BCUT2D eigenvalue weighted by atomic mass is 32.2. The van der Waals surface area contributed by atoms with Gasteiger partial charge in [-0.25, -0.2) is 4.98 Å². The number of hydrogen-bond donors (Lipinski definition) is 2. The molecule has 0 fully saturated rings. The van der Waals surface area contributed by atoms with E-state index in [-0.39, 0.29) is 11.6 Å². The zero-order valence-corrected chi connectivity index (χ0v) is 8.86. The van der Waals surface area contributed by atoms with Gasteiger partial charge in [0.25, 0.3) is 5.56 Å². The molecule has 2 rings (SSSR count). The van der Waals surface area contributed by atoms with Crippen molar-refractivity contribution in [2.75, 3.05) is 0 Å². The van der Waals surface area contributed by atoms with E-state index in [1.54, 1.807) is 11.8 Å². The number of aromatic nitrogens is 2. The number of fused-ring (bicyclic) bond motifs is 1. The first-order valence-electron chi connectivity index (χ1n) is 4.61. The van der Waals surface area contributed by atoms with Crippen LogP contribution in [0.25, 0.3) is 0 Å². The fourth-order valence-corrected chi connectivity index (χ4v) is 2.55. The van der Waals surface area contributed by atoms with Crippen LogP contribution in [-0.4, -0.2) is 16.0 Å². The van der Waals surface area contributed by atoms with Gasteiger partial charge in [-0.2, -0.15) is 11.8 Å². The third-order valence-corrected chi connectivity index (χ3v) is 3.12. The lowest BCUT2D eigenvalue weighted by molar-refractivity contribution is 0.693. The van der Waals surface area contributed by atoms with Gasteiger partial charge in [0.05, 0.1) is 5.69 Å². The molecule has 0 radical (unpaired) electrons. The number of rotatable bonds is 2. The molecule has 1 aliphatic rings. The van der Waals surface area contributed by atoms with Crippen molar-refractivity contribution >= 4 is 11.8 Å². The first kappa shape index (κ1) is 9.73. The van der Waals surface area contributed by atoms with Gasteiger partial charge in [0.1, 0.15) is 5.82 Å². The van der Waals surface area contributed by atoms with Crippen LogP contribution in [0.4, 0.5) is 0 Å². The van der Waals surface area contributed by atoms with Crippen LogP contribution in [0.3, 0.4) is 0 Å². The van der Waals surface area contributed by atoms with Gasteiger partial charge in [-0.05, 0) is 6.92 Å². The zero-order valence-electron chi connectivity index (χ0n) is 8.04. The molecule has 0 amide bonds. The minimum atomic E-state index is 0.00986. The highest BCUT2D eigenvalue weighted by Crippen LogP contribution is 2.25. The summed E-state index contributed by atoms with van der Waals surface area (Å²) < 4.78 is 0. The van der Waals surface area contributed by atoms with E-state index in [4.69, 9.17) is 5.73 Å². The first-order valence-corrected chi connectivity index (χ1v) is 5.76. The Morgan fingerprint density at radius 2 is 2.43 bits per heavy atom. The van der Waals surface area contributed by atoms with E-state index in [2.05, 4.69) is 9.97 Å². The molecular formula is C9H13N3OS. The minimum absolute atomic E-state index is 0.00986. The third kappa shape index (κ3) is 1.83. The number of nitrogens with one attached hydrogen (secondary N) is 1. The second kappa shape index (κ2) is 3.74. The van der Waals surface area contributed by atoms with E-state index in [0.29, 0.717) is 12.2 Å². The number of aromatic amines is 1. The Morgan fingerprint density at radius 1 is 1.64 bits per heavy atom. The zero-order chi connectivity index (χ0) is 10.1. The number of nitrogens with zero attached hydrogens (tertiary/aromatic N) is 1. The smallest absolute Gasteiger partial charge is 0.255 e. The molecule has 14 heavy (non-hydrogen) atoms. The van der Waals surface area contributed by atoms with E-state index >= 15 is 0 Å². The Hall–Kier alpha value is -0.810. The number of hydrogen-bond acceptors (Lipinski definition) is 4. The summed E-state index contributed by atoms with van der Waals surface area (Å²) in [6, 6.07) is 0.0326. The summed E-state index contributed by atoms with van der Waals surface area (Å²) in [5, 5.41) is 0. The van der Waals surface area contributed by atoms with Crippen molar-refractivity contribution in [3.8, 4) is 0 Å². The molecule has 1 atom stereocenters. The molecule has 3 N–H and O–H groups in total. The molecule has 0 aromatic carbocycles. The summed E-state index contributed by atoms with van der Waals surface area (Å²) >= 11 is 1.73. The van der Waals surface area contributed by atoms with Gasteiger partial charge in [-0.3, -0.25) is 4.79 Å². The van der Waals surface area contributed by atoms with E-state index in [1.165, 1.54) is 0 Å². The van der Waals surface area contributed by atoms with Gasteiger partial charge < -0.3 is 10.7 Å². The van der Waals surface area contributed by atoms with Gasteiger partial charge in [0.2, 0.25) is 0 Å². The molecule has 2 heterocycles.